The number of hydrogen-bond acceptors (Lipinski definition) is 4. The van der Waals surface area contributed by atoms with Gasteiger partial charge in [-0.3, -0.25) is 0 Å². The molecule has 0 radical (unpaired) electrons. The normalized spacial score (nSPS) is 11.0. The quantitative estimate of drug-likeness (QED) is 0.481. The first-order valence-corrected chi connectivity index (χ1v) is 9.74. The first kappa shape index (κ1) is 15.4. The molecular weight excluding hydrogens is 361 g/mol. The SMILES string of the molecule is Clc1ccc(Cc2nc(CSc3cccs3)cs2)cc1Cl. The molecule has 6 heteroatoms. The fraction of sp³-hybridized carbons (Fsp3) is 0.133. The number of thiazole rings is 1. The van der Waals surface area contributed by atoms with Gasteiger partial charge in [-0.15, -0.1) is 34.4 Å². The maximum absolute atomic E-state index is 6.04. The zero-order valence-corrected chi connectivity index (χ0v) is 14.8. The van der Waals surface area contributed by atoms with Crippen LogP contribution in [0.1, 0.15) is 16.3 Å². The zero-order valence-electron chi connectivity index (χ0n) is 10.9. The summed E-state index contributed by atoms with van der Waals surface area (Å²) in [5, 5.41) is 6.52. The van der Waals surface area contributed by atoms with Crippen LogP contribution in [0.4, 0.5) is 0 Å². The first-order valence-electron chi connectivity index (χ1n) is 6.24. The summed E-state index contributed by atoms with van der Waals surface area (Å²) in [7, 11) is 0. The van der Waals surface area contributed by atoms with Gasteiger partial charge in [0.05, 0.1) is 25.0 Å². The van der Waals surface area contributed by atoms with Crippen molar-refractivity contribution >= 4 is 57.6 Å². The molecule has 0 amide bonds. The van der Waals surface area contributed by atoms with Gasteiger partial charge in [0.15, 0.2) is 0 Å². The lowest BCUT2D eigenvalue weighted by molar-refractivity contribution is 1.09. The molecule has 2 aromatic heterocycles. The summed E-state index contributed by atoms with van der Waals surface area (Å²) in [5.41, 5.74) is 2.27. The highest BCUT2D eigenvalue weighted by Gasteiger charge is 2.06. The van der Waals surface area contributed by atoms with Gasteiger partial charge in [0.25, 0.3) is 0 Å². The molecule has 3 rings (SSSR count). The fourth-order valence-electron chi connectivity index (χ4n) is 1.81. The highest BCUT2D eigenvalue weighted by molar-refractivity contribution is 8.00. The van der Waals surface area contributed by atoms with Gasteiger partial charge in [-0.1, -0.05) is 35.3 Å². The molecule has 0 unspecified atom stereocenters. The summed E-state index contributed by atoms with van der Waals surface area (Å²) >= 11 is 17.3. The van der Waals surface area contributed by atoms with Crippen LogP contribution < -0.4 is 0 Å². The van der Waals surface area contributed by atoms with Gasteiger partial charge >= 0.3 is 0 Å². The average Bonchev–Trinajstić information content (AvgIpc) is 3.12. The number of halogens is 2. The van der Waals surface area contributed by atoms with E-state index >= 15 is 0 Å². The van der Waals surface area contributed by atoms with Crippen LogP contribution in [-0.2, 0) is 12.2 Å². The second-order valence-electron chi connectivity index (χ2n) is 4.38. The van der Waals surface area contributed by atoms with Crippen molar-refractivity contribution in [1.29, 1.82) is 0 Å². The Morgan fingerprint density at radius 1 is 1.10 bits per heavy atom. The third kappa shape index (κ3) is 4.24. The van der Waals surface area contributed by atoms with Gasteiger partial charge in [-0.05, 0) is 29.1 Å². The number of thiophene rings is 1. The van der Waals surface area contributed by atoms with Crippen LogP contribution in [0.5, 0.6) is 0 Å². The molecule has 2 heterocycles. The van der Waals surface area contributed by atoms with Gasteiger partial charge in [-0.2, -0.15) is 0 Å². The Balaban J connectivity index is 1.63. The van der Waals surface area contributed by atoms with E-state index < -0.39 is 0 Å². The van der Waals surface area contributed by atoms with Crippen LogP contribution in [0, 0.1) is 0 Å². The lowest BCUT2D eigenvalue weighted by Crippen LogP contribution is -1.88. The summed E-state index contributed by atoms with van der Waals surface area (Å²) in [6.07, 6.45) is 0.797. The lowest BCUT2D eigenvalue weighted by atomic mass is 10.2. The molecule has 0 aliphatic rings. The van der Waals surface area contributed by atoms with Crippen molar-refractivity contribution < 1.29 is 0 Å². The van der Waals surface area contributed by atoms with E-state index in [4.69, 9.17) is 23.2 Å². The molecule has 0 fully saturated rings. The second-order valence-corrected chi connectivity index (χ2v) is 8.36. The van der Waals surface area contributed by atoms with Gasteiger partial charge in [-0.25, -0.2) is 4.98 Å². The number of aromatic nitrogens is 1. The number of thioether (sulfide) groups is 1. The number of benzene rings is 1. The van der Waals surface area contributed by atoms with Crippen molar-refractivity contribution in [2.75, 3.05) is 0 Å². The first-order chi connectivity index (χ1) is 10.2. The fourth-order valence-corrected chi connectivity index (χ4v) is 4.74. The molecule has 0 aliphatic heterocycles. The lowest BCUT2D eigenvalue weighted by Gasteiger charge is -2.00. The van der Waals surface area contributed by atoms with E-state index in [1.807, 2.05) is 30.0 Å². The molecule has 0 N–H and O–H groups in total. The molecule has 0 atom stereocenters. The minimum absolute atomic E-state index is 0.590. The number of hydrogen-bond donors (Lipinski definition) is 0. The maximum Gasteiger partial charge on any atom is 0.0972 e. The van der Waals surface area contributed by atoms with E-state index in [9.17, 15) is 0 Å². The monoisotopic (exact) mass is 371 g/mol. The van der Waals surface area contributed by atoms with Crippen molar-refractivity contribution in [2.24, 2.45) is 0 Å². The summed E-state index contributed by atoms with van der Waals surface area (Å²) in [6, 6.07) is 9.95. The van der Waals surface area contributed by atoms with Crippen LogP contribution in [0.3, 0.4) is 0 Å². The molecule has 0 saturated heterocycles. The maximum atomic E-state index is 6.04. The van der Waals surface area contributed by atoms with Crippen LogP contribution in [0.25, 0.3) is 0 Å². The Labute approximate surface area is 146 Å². The minimum Gasteiger partial charge on any atom is -0.245 e. The van der Waals surface area contributed by atoms with Crippen molar-refractivity contribution in [3.05, 3.63) is 67.4 Å². The van der Waals surface area contributed by atoms with E-state index in [1.54, 1.807) is 22.7 Å². The van der Waals surface area contributed by atoms with Gasteiger partial charge < -0.3 is 0 Å². The van der Waals surface area contributed by atoms with E-state index in [0.29, 0.717) is 10.0 Å². The Hall–Kier alpha value is -0.520. The molecule has 108 valence electrons. The summed E-state index contributed by atoms with van der Waals surface area (Å²) in [6.45, 7) is 0. The molecule has 1 aromatic carbocycles. The molecule has 1 nitrogen and oxygen atoms in total. The third-order valence-corrected chi connectivity index (χ3v) is 6.60. The van der Waals surface area contributed by atoms with Crippen LogP contribution in [0.15, 0.2) is 45.3 Å². The Bertz CT molecular complexity index is 722. The molecule has 0 bridgehead atoms. The summed E-state index contributed by atoms with van der Waals surface area (Å²) < 4.78 is 1.33. The van der Waals surface area contributed by atoms with E-state index in [1.165, 1.54) is 4.21 Å². The largest absolute Gasteiger partial charge is 0.245 e. The van der Waals surface area contributed by atoms with Gasteiger partial charge in [0, 0.05) is 17.6 Å². The third-order valence-electron chi connectivity index (χ3n) is 2.80. The Morgan fingerprint density at radius 3 is 2.76 bits per heavy atom. The molecule has 0 saturated carbocycles. The van der Waals surface area contributed by atoms with Crippen molar-refractivity contribution in [3.8, 4) is 0 Å². The number of nitrogens with zero attached hydrogens (tertiary/aromatic N) is 1. The predicted molar refractivity (Wildman–Crippen MR) is 95.3 cm³/mol. The average molecular weight is 372 g/mol. The van der Waals surface area contributed by atoms with Crippen LogP contribution in [-0.4, -0.2) is 4.98 Å². The van der Waals surface area contributed by atoms with E-state index in [2.05, 4.69) is 27.9 Å². The Kier molecular flexibility index (Phi) is 5.24. The highest BCUT2D eigenvalue weighted by atomic mass is 35.5. The van der Waals surface area contributed by atoms with Crippen molar-refractivity contribution in [2.45, 2.75) is 16.4 Å². The van der Waals surface area contributed by atoms with Gasteiger partial charge in [0.1, 0.15) is 0 Å². The standard InChI is InChI=1S/C15H11Cl2NS3/c16-12-4-3-10(6-13(12)17)7-14-18-11(8-20-14)9-21-15-2-1-5-19-15/h1-6,8H,7,9H2. The molecule has 3 aromatic rings. The second kappa shape index (κ2) is 7.16. The molecule has 0 spiro atoms. The van der Waals surface area contributed by atoms with Crippen LogP contribution >= 0.6 is 57.6 Å². The number of rotatable bonds is 5. The smallest absolute Gasteiger partial charge is 0.0972 e. The molecular formula is C15H11Cl2NS3. The van der Waals surface area contributed by atoms with Crippen molar-refractivity contribution in [1.82, 2.24) is 4.98 Å². The Morgan fingerprint density at radius 2 is 2.00 bits per heavy atom. The predicted octanol–water partition coefficient (Wildman–Crippen LogP) is 6.39. The zero-order chi connectivity index (χ0) is 14.7. The van der Waals surface area contributed by atoms with E-state index in [0.717, 1.165) is 28.4 Å². The molecule has 0 aliphatic carbocycles. The summed E-state index contributed by atoms with van der Waals surface area (Å²) in [5.74, 6) is 0.915. The minimum atomic E-state index is 0.590. The molecule has 21 heavy (non-hydrogen) atoms. The van der Waals surface area contributed by atoms with E-state index in [-0.39, 0.29) is 0 Å². The van der Waals surface area contributed by atoms with Crippen molar-refractivity contribution in [3.63, 3.8) is 0 Å². The topological polar surface area (TPSA) is 12.9 Å². The summed E-state index contributed by atoms with van der Waals surface area (Å²) in [4.78, 5) is 4.68. The highest BCUT2D eigenvalue weighted by Crippen LogP contribution is 2.28. The van der Waals surface area contributed by atoms with Crippen LogP contribution in [0.2, 0.25) is 10.0 Å². The van der Waals surface area contributed by atoms with Gasteiger partial charge in [0.2, 0.25) is 0 Å².